The Balaban J connectivity index is 1.99. The Morgan fingerprint density at radius 1 is 1.17 bits per heavy atom. The average molecular weight is 435 g/mol. The van der Waals surface area contributed by atoms with E-state index >= 15 is 0 Å². The second-order valence-electron chi connectivity index (χ2n) is 5.67. The van der Waals surface area contributed by atoms with Crippen molar-refractivity contribution in [1.82, 2.24) is 5.32 Å². The molecule has 3 rings (SSSR count). The zero-order valence-corrected chi connectivity index (χ0v) is 17.1. The maximum atomic E-state index is 12.6. The number of nitrogens with one attached hydrogen (secondary N) is 1. The van der Waals surface area contributed by atoms with Crippen LogP contribution in [0.15, 0.2) is 58.4 Å². The van der Waals surface area contributed by atoms with Gasteiger partial charge in [0, 0.05) is 18.4 Å². The van der Waals surface area contributed by atoms with E-state index < -0.39 is 16.2 Å². The number of benzene rings is 2. The van der Waals surface area contributed by atoms with Gasteiger partial charge in [0.25, 0.3) is 0 Å². The largest absolute Gasteiger partial charge is 0.453 e. The average Bonchev–Trinajstić information content (AvgIpc) is 2.72. The van der Waals surface area contributed by atoms with Crippen LogP contribution in [0.1, 0.15) is 13.3 Å². The van der Waals surface area contributed by atoms with Gasteiger partial charge in [0.1, 0.15) is 10.6 Å². The van der Waals surface area contributed by atoms with Gasteiger partial charge < -0.3 is 8.92 Å². The van der Waals surface area contributed by atoms with Crippen molar-refractivity contribution in [3.8, 4) is 5.75 Å². The van der Waals surface area contributed by atoms with E-state index in [-0.39, 0.29) is 33.8 Å². The summed E-state index contributed by atoms with van der Waals surface area (Å²) in [5.41, 5.74) is 0.589. The number of ether oxygens (including phenoxy) is 1. The summed E-state index contributed by atoms with van der Waals surface area (Å²) in [6.45, 7) is 1.67. The van der Waals surface area contributed by atoms with Crippen LogP contribution in [-0.2, 0) is 19.6 Å². The SMILES string of the molecule is CCC(=O)N1SC(NC(=O)OC)=Nc2ccc(S(=O)(=O)Oc3ccccc3)cc21. The van der Waals surface area contributed by atoms with Gasteiger partial charge in [-0.2, -0.15) is 8.42 Å². The Kier molecular flexibility index (Phi) is 6.09. The molecule has 2 amide bonds. The predicted molar refractivity (Wildman–Crippen MR) is 109 cm³/mol. The lowest BCUT2D eigenvalue weighted by Crippen LogP contribution is -2.35. The number of rotatable bonds is 4. The molecule has 0 saturated carbocycles. The number of carbonyl (C=O) groups excluding carboxylic acids is 2. The molecule has 0 atom stereocenters. The van der Waals surface area contributed by atoms with Crippen LogP contribution < -0.4 is 13.8 Å². The van der Waals surface area contributed by atoms with Crippen molar-refractivity contribution in [3.05, 3.63) is 48.5 Å². The number of amides is 2. The minimum atomic E-state index is -4.12. The minimum Gasteiger partial charge on any atom is -0.453 e. The summed E-state index contributed by atoms with van der Waals surface area (Å²) in [5.74, 6) is -0.127. The van der Waals surface area contributed by atoms with E-state index in [0.29, 0.717) is 5.69 Å². The maximum absolute atomic E-state index is 12.6. The zero-order valence-electron chi connectivity index (χ0n) is 15.5. The minimum absolute atomic E-state index is 0.127. The first kappa shape index (κ1) is 20.7. The molecule has 29 heavy (non-hydrogen) atoms. The molecule has 0 bridgehead atoms. The van der Waals surface area contributed by atoms with Crippen molar-refractivity contribution in [2.75, 3.05) is 11.4 Å². The number of carbonyl (C=O) groups is 2. The van der Waals surface area contributed by atoms with E-state index in [2.05, 4.69) is 15.0 Å². The number of alkyl carbamates (subject to hydrolysis) is 1. The van der Waals surface area contributed by atoms with Gasteiger partial charge in [0.15, 0.2) is 5.17 Å². The van der Waals surface area contributed by atoms with Crippen LogP contribution in [-0.4, -0.2) is 32.7 Å². The van der Waals surface area contributed by atoms with Crippen LogP contribution >= 0.6 is 11.9 Å². The lowest BCUT2D eigenvalue weighted by Gasteiger charge is -2.27. The molecule has 0 saturated heterocycles. The molecule has 0 radical (unpaired) electrons. The third-order valence-electron chi connectivity index (χ3n) is 3.73. The number of anilines is 1. The molecular weight excluding hydrogens is 418 g/mol. The number of amidine groups is 1. The highest BCUT2D eigenvalue weighted by atomic mass is 32.2. The molecule has 1 aliphatic heterocycles. The van der Waals surface area contributed by atoms with E-state index in [4.69, 9.17) is 4.18 Å². The van der Waals surface area contributed by atoms with E-state index in [1.165, 1.54) is 41.7 Å². The fourth-order valence-electron chi connectivity index (χ4n) is 2.35. The van der Waals surface area contributed by atoms with Gasteiger partial charge in [0.05, 0.1) is 18.5 Å². The molecule has 11 heteroatoms. The normalized spacial score (nSPS) is 13.2. The van der Waals surface area contributed by atoms with Crippen molar-refractivity contribution in [3.63, 3.8) is 0 Å². The number of para-hydroxylation sites is 1. The summed E-state index contributed by atoms with van der Waals surface area (Å²) in [6, 6.07) is 12.2. The van der Waals surface area contributed by atoms with Gasteiger partial charge in [-0.1, -0.05) is 25.1 Å². The highest BCUT2D eigenvalue weighted by Crippen LogP contribution is 2.40. The molecule has 0 unspecified atom stereocenters. The van der Waals surface area contributed by atoms with Crippen molar-refractivity contribution in [1.29, 1.82) is 0 Å². The summed E-state index contributed by atoms with van der Waals surface area (Å²) in [7, 11) is -2.92. The number of hydrogen-bond donors (Lipinski definition) is 1. The van der Waals surface area contributed by atoms with Crippen LogP contribution in [0.3, 0.4) is 0 Å². The van der Waals surface area contributed by atoms with Crippen LogP contribution in [0.2, 0.25) is 0 Å². The first-order valence-corrected chi connectivity index (χ1v) is 10.6. The second kappa shape index (κ2) is 8.53. The Labute approximate surface area is 172 Å². The van der Waals surface area contributed by atoms with Crippen molar-refractivity contribution >= 4 is 50.6 Å². The first-order valence-electron chi connectivity index (χ1n) is 8.42. The molecule has 0 aromatic heterocycles. The van der Waals surface area contributed by atoms with E-state index in [1.807, 2.05) is 0 Å². The number of hydrogen-bond acceptors (Lipinski definition) is 8. The standard InChI is InChI=1S/C18H17N3O6S2/c1-3-16(22)21-15-11-13(29(24,25)27-12-7-5-4-6-8-12)9-10-14(15)19-17(28-21)20-18(23)26-2/h4-11H,3H2,1-2H3,(H,19,20,23). The summed E-state index contributed by atoms with van der Waals surface area (Å²) >= 11 is 0.860. The molecule has 1 heterocycles. The smallest absolute Gasteiger partial charge is 0.412 e. The second-order valence-corrected chi connectivity index (χ2v) is 8.15. The molecule has 2 aromatic carbocycles. The zero-order chi connectivity index (χ0) is 21.0. The summed E-state index contributed by atoms with van der Waals surface area (Å²) in [4.78, 5) is 28.0. The molecule has 1 N–H and O–H groups in total. The quantitative estimate of drug-likeness (QED) is 0.579. The molecule has 0 spiro atoms. The van der Waals surface area contributed by atoms with E-state index in [0.717, 1.165) is 11.9 Å². The Morgan fingerprint density at radius 3 is 2.55 bits per heavy atom. The summed E-state index contributed by atoms with van der Waals surface area (Å²) in [5, 5.41) is 2.54. The van der Waals surface area contributed by atoms with Gasteiger partial charge in [-0.25, -0.2) is 14.1 Å². The van der Waals surface area contributed by atoms with Crippen LogP contribution in [0.5, 0.6) is 5.75 Å². The van der Waals surface area contributed by atoms with Crippen LogP contribution in [0.25, 0.3) is 0 Å². The lowest BCUT2D eigenvalue weighted by molar-refractivity contribution is -0.117. The molecular formula is C18H17N3O6S2. The maximum Gasteiger partial charge on any atom is 0.412 e. The summed E-state index contributed by atoms with van der Waals surface area (Å²) in [6.07, 6.45) is -0.575. The van der Waals surface area contributed by atoms with Gasteiger partial charge in [-0.05, 0) is 30.3 Å². The van der Waals surface area contributed by atoms with Crippen LogP contribution in [0, 0.1) is 0 Å². The Hall–Kier alpha value is -3.05. The highest BCUT2D eigenvalue weighted by Gasteiger charge is 2.29. The fourth-order valence-corrected chi connectivity index (χ4v) is 4.22. The topological polar surface area (TPSA) is 114 Å². The molecule has 9 nitrogen and oxygen atoms in total. The van der Waals surface area contributed by atoms with Gasteiger partial charge in [0.2, 0.25) is 5.91 Å². The van der Waals surface area contributed by atoms with Crippen LogP contribution in [0.4, 0.5) is 16.2 Å². The van der Waals surface area contributed by atoms with Crippen molar-refractivity contribution in [2.45, 2.75) is 18.2 Å². The number of aliphatic imine (C=N–C) groups is 1. The predicted octanol–water partition coefficient (Wildman–Crippen LogP) is 3.20. The number of methoxy groups -OCH3 is 1. The molecule has 2 aromatic rings. The van der Waals surface area contributed by atoms with Crippen molar-refractivity contribution in [2.24, 2.45) is 4.99 Å². The number of nitrogens with zero attached hydrogens (tertiary/aromatic N) is 2. The number of fused-ring (bicyclic) bond motifs is 1. The third-order valence-corrected chi connectivity index (χ3v) is 5.92. The molecule has 0 fully saturated rings. The van der Waals surface area contributed by atoms with E-state index in [9.17, 15) is 18.0 Å². The summed E-state index contributed by atoms with van der Waals surface area (Å²) < 4.78 is 36.2. The fraction of sp³-hybridized carbons (Fsp3) is 0.167. The first-order chi connectivity index (χ1) is 13.8. The Morgan fingerprint density at radius 2 is 1.90 bits per heavy atom. The van der Waals surface area contributed by atoms with Gasteiger partial charge in [-0.15, -0.1) is 0 Å². The molecule has 152 valence electrons. The van der Waals surface area contributed by atoms with Crippen molar-refractivity contribution < 1.29 is 26.9 Å². The van der Waals surface area contributed by atoms with Gasteiger partial charge in [-0.3, -0.25) is 10.1 Å². The van der Waals surface area contributed by atoms with E-state index in [1.54, 1.807) is 25.1 Å². The highest BCUT2D eigenvalue weighted by molar-refractivity contribution is 8.15. The molecule has 1 aliphatic rings. The van der Waals surface area contributed by atoms with Gasteiger partial charge >= 0.3 is 16.2 Å². The Bertz CT molecular complexity index is 1070. The lowest BCUT2D eigenvalue weighted by atomic mass is 10.2. The third kappa shape index (κ3) is 4.69. The monoisotopic (exact) mass is 435 g/mol. The molecule has 0 aliphatic carbocycles.